The van der Waals surface area contributed by atoms with E-state index < -0.39 is 0 Å². The van der Waals surface area contributed by atoms with E-state index in [9.17, 15) is 0 Å². The van der Waals surface area contributed by atoms with Gasteiger partial charge in [0.2, 0.25) is 0 Å². The van der Waals surface area contributed by atoms with Crippen LogP contribution in [0.3, 0.4) is 0 Å². The number of terminal acetylenes is 1. The van der Waals surface area contributed by atoms with Gasteiger partial charge in [-0.05, 0) is 32.1 Å². The minimum atomic E-state index is 0.516. The first-order valence-electron chi connectivity index (χ1n) is 7.33. The summed E-state index contributed by atoms with van der Waals surface area (Å²) in [6.07, 6.45) is 14.4. The summed E-state index contributed by atoms with van der Waals surface area (Å²) in [4.78, 5) is 0. The van der Waals surface area contributed by atoms with Gasteiger partial charge in [-0.1, -0.05) is 70.1 Å². The van der Waals surface area contributed by atoms with E-state index in [1.807, 2.05) is 12.2 Å². The Morgan fingerprint density at radius 2 is 1.79 bits per heavy atom. The van der Waals surface area contributed by atoms with Gasteiger partial charge < -0.3 is 0 Å². The Bertz CT molecular complexity index is 320. The monoisotopic (exact) mass is 260 g/mol. The third-order valence-electron chi connectivity index (χ3n) is 3.07. The molecule has 0 saturated heterocycles. The third-order valence-corrected chi connectivity index (χ3v) is 3.07. The summed E-state index contributed by atoms with van der Waals surface area (Å²) < 4.78 is 0. The standard InChI is InChI=1S/C16H24.C3H8/c1-7-9-10-12-14(5)15(6)16(11-8-2)13(3)4;1-3-2/h2,7,9-10,13,16H,1,11-12H2,3-6H3;3H2,1-2H3/b10-9-,15-14+;. The van der Waals surface area contributed by atoms with E-state index >= 15 is 0 Å². The van der Waals surface area contributed by atoms with Crippen LogP contribution in [-0.4, -0.2) is 0 Å². The molecule has 0 heteroatoms. The largest absolute Gasteiger partial charge is 0.120 e. The van der Waals surface area contributed by atoms with Crippen molar-refractivity contribution in [3.63, 3.8) is 0 Å². The molecule has 1 atom stereocenters. The van der Waals surface area contributed by atoms with Crippen LogP contribution in [0, 0.1) is 24.2 Å². The molecule has 0 fully saturated rings. The van der Waals surface area contributed by atoms with Crippen LogP contribution in [-0.2, 0) is 0 Å². The fourth-order valence-electron chi connectivity index (χ4n) is 1.83. The highest BCUT2D eigenvalue weighted by Gasteiger charge is 2.15. The maximum absolute atomic E-state index is 5.43. The maximum atomic E-state index is 5.43. The third kappa shape index (κ3) is 10.4. The molecule has 0 amide bonds. The fourth-order valence-corrected chi connectivity index (χ4v) is 1.83. The van der Waals surface area contributed by atoms with Gasteiger partial charge in [-0.3, -0.25) is 0 Å². The SMILES string of the molecule is C#CCC(/C(C)=C(\C)C/C=C\C=C)C(C)C.CCC. The highest BCUT2D eigenvalue weighted by atomic mass is 14.2. The average molecular weight is 260 g/mol. The normalized spacial score (nSPS) is 13.4. The molecule has 0 radical (unpaired) electrons. The van der Waals surface area contributed by atoms with Gasteiger partial charge in [-0.2, -0.15) is 0 Å². The Morgan fingerprint density at radius 1 is 1.26 bits per heavy atom. The molecule has 0 heterocycles. The molecule has 0 aliphatic carbocycles. The molecule has 1 unspecified atom stereocenters. The molecule has 19 heavy (non-hydrogen) atoms. The highest BCUT2D eigenvalue weighted by molar-refractivity contribution is 5.18. The maximum Gasteiger partial charge on any atom is 0.0154 e. The molecule has 0 aromatic rings. The summed E-state index contributed by atoms with van der Waals surface area (Å²) in [5.41, 5.74) is 2.87. The number of hydrogen-bond acceptors (Lipinski definition) is 0. The molecule has 0 N–H and O–H groups in total. The predicted octanol–water partition coefficient (Wildman–Crippen LogP) is 6.17. The van der Waals surface area contributed by atoms with Crippen molar-refractivity contribution in [1.82, 2.24) is 0 Å². The van der Waals surface area contributed by atoms with Gasteiger partial charge in [-0.15, -0.1) is 12.3 Å². The van der Waals surface area contributed by atoms with E-state index in [1.165, 1.54) is 17.6 Å². The van der Waals surface area contributed by atoms with Crippen molar-refractivity contribution in [1.29, 1.82) is 0 Å². The summed E-state index contributed by atoms with van der Waals surface area (Å²) in [6.45, 7) is 16.8. The van der Waals surface area contributed by atoms with E-state index in [-0.39, 0.29) is 0 Å². The second kappa shape index (κ2) is 13.2. The van der Waals surface area contributed by atoms with Crippen LogP contribution in [0.4, 0.5) is 0 Å². The summed E-state index contributed by atoms with van der Waals surface area (Å²) >= 11 is 0. The molecule has 108 valence electrons. The van der Waals surface area contributed by atoms with Gasteiger partial charge >= 0.3 is 0 Å². The molecule has 0 aliphatic rings. The van der Waals surface area contributed by atoms with Crippen LogP contribution in [0.5, 0.6) is 0 Å². The summed E-state index contributed by atoms with van der Waals surface area (Å²) in [5.74, 6) is 3.91. The van der Waals surface area contributed by atoms with Crippen molar-refractivity contribution < 1.29 is 0 Å². The van der Waals surface area contributed by atoms with Crippen LogP contribution >= 0.6 is 0 Å². The number of hydrogen-bond donors (Lipinski definition) is 0. The van der Waals surface area contributed by atoms with Gasteiger partial charge in [0, 0.05) is 6.42 Å². The van der Waals surface area contributed by atoms with Gasteiger partial charge in [0.25, 0.3) is 0 Å². The molecule has 0 aromatic carbocycles. The molecule has 0 aliphatic heterocycles. The first-order chi connectivity index (χ1) is 8.95. The van der Waals surface area contributed by atoms with E-state index in [4.69, 9.17) is 6.42 Å². The Kier molecular flexibility index (Phi) is 14.0. The fraction of sp³-hybridized carbons (Fsp3) is 0.579. The molecular formula is C19H32. The summed E-state index contributed by atoms with van der Waals surface area (Å²) in [7, 11) is 0. The Hall–Kier alpha value is -1.22. The van der Waals surface area contributed by atoms with E-state index in [0.29, 0.717) is 11.8 Å². The molecule has 0 aromatic heterocycles. The van der Waals surface area contributed by atoms with Crippen molar-refractivity contribution in [3.05, 3.63) is 36.0 Å². The van der Waals surface area contributed by atoms with Crippen LogP contribution in [0.2, 0.25) is 0 Å². The van der Waals surface area contributed by atoms with E-state index in [1.54, 1.807) is 0 Å². The van der Waals surface area contributed by atoms with Crippen molar-refractivity contribution in [3.8, 4) is 12.3 Å². The zero-order valence-corrected chi connectivity index (χ0v) is 13.8. The second-order valence-electron chi connectivity index (χ2n) is 5.30. The summed E-state index contributed by atoms with van der Waals surface area (Å²) in [6, 6.07) is 0. The van der Waals surface area contributed by atoms with Crippen molar-refractivity contribution in [2.75, 3.05) is 0 Å². The first kappa shape index (κ1) is 20.1. The summed E-state index contributed by atoms with van der Waals surface area (Å²) in [5, 5.41) is 0. The zero-order chi connectivity index (χ0) is 15.3. The predicted molar refractivity (Wildman–Crippen MR) is 90.1 cm³/mol. The van der Waals surface area contributed by atoms with Crippen LogP contribution in [0.1, 0.15) is 60.8 Å². The minimum Gasteiger partial charge on any atom is -0.120 e. The topological polar surface area (TPSA) is 0 Å². The molecule has 0 rings (SSSR count). The first-order valence-corrected chi connectivity index (χ1v) is 7.33. The number of allylic oxidation sites excluding steroid dienone is 5. The lowest BCUT2D eigenvalue weighted by molar-refractivity contribution is 0.448. The van der Waals surface area contributed by atoms with Crippen molar-refractivity contribution in [2.45, 2.75) is 60.8 Å². The van der Waals surface area contributed by atoms with Gasteiger partial charge in [0.15, 0.2) is 0 Å². The number of rotatable bonds is 6. The lowest BCUT2D eigenvalue weighted by Crippen LogP contribution is -2.10. The van der Waals surface area contributed by atoms with Gasteiger partial charge in [0.05, 0.1) is 0 Å². The van der Waals surface area contributed by atoms with Crippen LogP contribution < -0.4 is 0 Å². The molecule has 0 spiro atoms. The molecule has 0 bridgehead atoms. The molecular weight excluding hydrogens is 228 g/mol. The quantitative estimate of drug-likeness (QED) is 0.304. The molecule has 0 saturated carbocycles. The average Bonchev–Trinajstić information content (AvgIpc) is 2.36. The van der Waals surface area contributed by atoms with Crippen LogP contribution in [0.15, 0.2) is 36.0 Å². The smallest absolute Gasteiger partial charge is 0.0154 e. The zero-order valence-electron chi connectivity index (χ0n) is 13.8. The van der Waals surface area contributed by atoms with E-state index in [0.717, 1.165) is 12.8 Å². The Morgan fingerprint density at radius 3 is 2.16 bits per heavy atom. The second-order valence-corrected chi connectivity index (χ2v) is 5.30. The highest BCUT2D eigenvalue weighted by Crippen LogP contribution is 2.27. The van der Waals surface area contributed by atoms with Crippen molar-refractivity contribution in [2.24, 2.45) is 11.8 Å². The van der Waals surface area contributed by atoms with Gasteiger partial charge in [-0.25, -0.2) is 0 Å². The van der Waals surface area contributed by atoms with Crippen molar-refractivity contribution >= 4 is 0 Å². The Labute approximate surface area is 121 Å². The molecule has 0 nitrogen and oxygen atoms in total. The van der Waals surface area contributed by atoms with Crippen LogP contribution in [0.25, 0.3) is 0 Å². The Balaban J connectivity index is 0. The minimum absolute atomic E-state index is 0.516. The van der Waals surface area contributed by atoms with Gasteiger partial charge in [0.1, 0.15) is 0 Å². The lowest BCUT2D eigenvalue weighted by atomic mass is 9.83. The van der Waals surface area contributed by atoms with E-state index in [2.05, 4.69) is 60.1 Å². The lowest BCUT2D eigenvalue weighted by Gasteiger charge is -2.21.